The predicted molar refractivity (Wildman–Crippen MR) is 81.5 cm³/mol. The van der Waals surface area contributed by atoms with E-state index in [1.807, 2.05) is 34.6 Å². The van der Waals surface area contributed by atoms with Crippen LogP contribution in [-0.4, -0.2) is 34.3 Å². The Labute approximate surface area is 126 Å². The summed E-state index contributed by atoms with van der Waals surface area (Å²) in [6.07, 6.45) is 1.76. The van der Waals surface area contributed by atoms with Gasteiger partial charge in [0, 0.05) is 12.1 Å². The van der Waals surface area contributed by atoms with Crippen LogP contribution in [0.1, 0.15) is 53.9 Å². The zero-order valence-electron chi connectivity index (χ0n) is 13.0. The summed E-state index contributed by atoms with van der Waals surface area (Å²) in [6.45, 7) is 9.85. The highest BCUT2D eigenvalue weighted by molar-refractivity contribution is 6.25. The molecule has 1 atom stereocenters. The fraction of sp³-hybridized carbons (Fsp3) is 0.733. The van der Waals surface area contributed by atoms with Crippen molar-refractivity contribution >= 4 is 23.4 Å². The first-order valence-electron chi connectivity index (χ1n) is 7.21. The molecule has 0 aliphatic carbocycles. The van der Waals surface area contributed by atoms with E-state index in [4.69, 9.17) is 11.6 Å². The lowest BCUT2D eigenvalue weighted by molar-refractivity contribution is -0.162. The largest absolute Gasteiger partial charge is 0.340 e. The Bertz CT molecular complexity index is 430. The fourth-order valence-corrected chi connectivity index (χ4v) is 2.69. The van der Waals surface area contributed by atoms with E-state index in [2.05, 4.69) is 5.32 Å². The Kier molecular flexibility index (Phi) is 5.25. The van der Waals surface area contributed by atoms with E-state index in [1.54, 1.807) is 4.90 Å². The lowest BCUT2D eigenvalue weighted by Crippen LogP contribution is -2.74. The number of nitrogens with zero attached hydrogens (tertiary/aromatic N) is 1. The average Bonchev–Trinajstić information content (AvgIpc) is 2.47. The van der Waals surface area contributed by atoms with Gasteiger partial charge in [0.15, 0.2) is 0 Å². The second-order valence-electron chi connectivity index (χ2n) is 5.72. The average molecular weight is 301 g/mol. The van der Waals surface area contributed by atoms with Gasteiger partial charge in [-0.1, -0.05) is 32.4 Å². The molecule has 2 amide bonds. The SMILES string of the molecule is CCC1(CC)NC(=O)C(C)(CC)N(CC(C)=CCl)C1=O. The molecular formula is C15H25ClN2O2. The molecule has 1 aliphatic heterocycles. The molecule has 1 N–H and O–H groups in total. The molecule has 4 nitrogen and oxygen atoms in total. The number of piperazine rings is 1. The van der Waals surface area contributed by atoms with Gasteiger partial charge in [-0.2, -0.15) is 0 Å². The van der Waals surface area contributed by atoms with Gasteiger partial charge in [0.2, 0.25) is 11.8 Å². The van der Waals surface area contributed by atoms with E-state index in [-0.39, 0.29) is 11.8 Å². The van der Waals surface area contributed by atoms with Crippen LogP contribution in [0.5, 0.6) is 0 Å². The number of carbonyl (C=O) groups excluding carboxylic acids is 2. The number of amides is 2. The molecule has 5 heteroatoms. The monoisotopic (exact) mass is 300 g/mol. The molecule has 0 spiro atoms. The summed E-state index contributed by atoms with van der Waals surface area (Å²) in [4.78, 5) is 27.2. The first-order valence-corrected chi connectivity index (χ1v) is 7.65. The lowest BCUT2D eigenvalue weighted by atomic mass is 9.81. The van der Waals surface area contributed by atoms with E-state index >= 15 is 0 Å². The van der Waals surface area contributed by atoms with Crippen molar-refractivity contribution in [1.82, 2.24) is 10.2 Å². The van der Waals surface area contributed by atoms with Gasteiger partial charge in [0.25, 0.3) is 0 Å². The summed E-state index contributed by atoms with van der Waals surface area (Å²) >= 11 is 5.73. The highest BCUT2D eigenvalue weighted by Crippen LogP contribution is 2.33. The third-order valence-corrected chi connectivity index (χ3v) is 4.95. The van der Waals surface area contributed by atoms with Crippen molar-refractivity contribution in [3.05, 3.63) is 11.1 Å². The van der Waals surface area contributed by atoms with E-state index < -0.39 is 11.1 Å². The van der Waals surface area contributed by atoms with Crippen molar-refractivity contribution in [2.24, 2.45) is 0 Å². The molecule has 1 saturated heterocycles. The molecule has 114 valence electrons. The van der Waals surface area contributed by atoms with Crippen LogP contribution in [-0.2, 0) is 9.59 Å². The number of hydrogen-bond donors (Lipinski definition) is 1. The standard InChI is InChI=1S/C15H25ClN2O2/c1-6-14(5)12(19)17-15(7-2,8-3)13(20)18(14)10-11(4)9-16/h9H,6-8,10H2,1-5H3,(H,17,19). The highest BCUT2D eigenvalue weighted by atomic mass is 35.5. The highest BCUT2D eigenvalue weighted by Gasteiger charge is 2.54. The van der Waals surface area contributed by atoms with Crippen molar-refractivity contribution in [2.45, 2.75) is 65.0 Å². The smallest absolute Gasteiger partial charge is 0.249 e. The topological polar surface area (TPSA) is 49.4 Å². The normalized spacial score (nSPS) is 26.7. The van der Waals surface area contributed by atoms with E-state index in [9.17, 15) is 9.59 Å². The number of carbonyl (C=O) groups is 2. The Morgan fingerprint density at radius 1 is 1.25 bits per heavy atom. The van der Waals surface area contributed by atoms with Crippen LogP contribution >= 0.6 is 11.6 Å². The van der Waals surface area contributed by atoms with Gasteiger partial charge >= 0.3 is 0 Å². The third-order valence-electron chi connectivity index (χ3n) is 4.58. The molecule has 1 heterocycles. The molecule has 1 fully saturated rings. The third kappa shape index (κ3) is 2.58. The van der Waals surface area contributed by atoms with Gasteiger partial charge in [0.1, 0.15) is 11.1 Å². The molecule has 0 saturated carbocycles. The van der Waals surface area contributed by atoms with E-state index in [1.165, 1.54) is 5.54 Å². The van der Waals surface area contributed by atoms with Crippen LogP contribution < -0.4 is 5.32 Å². The van der Waals surface area contributed by atoms with Crippen LogP contribution in [0.15, 0.2) is 11.1 Å². The van der Waals surface area contributed by atoms with Crippen LogP contribution in [0.4, 0.5) is 0 Å². The minimum absolute atomic E-state index is 0.00989. The van der Waals surface area contributed by atoms with Crippen molar-refractivity contribution < 1.29 is 9.59 Å². The Balaban J connectivity index is 3.28. The summed E-state index contributed by atoms with van der Waals surface area (Å²) in [5.74, 6) is -0.0880. The predicted octanol–water partition coefficient (Wildman–Crippen LogP) is 2.81. The second-order valence-corrected chi connectivity index (χ2v) is 5.94. The van der Waals surface area contributed by atoms with Gasteiger partial charge in [0.05, 0.1) is 0 Å². The van der Waals surface area contributed by atoms with Crippen LogP contribution in [0.3, 0.4) is 0 Å². The summed E-state index contributed by atoms with van der Waals surface area (Å²) in [6, 6.07) is 0. The molecule has 0 aromatic carbocycles. The quantitative estimate of drug-likeness (QED) is 0.849. The lowest BCUT2D eigenvalue weighted by Gasteiger charge is -2.51. The molecule has 0 radical (unpaired) electrons. The summed E-state index contributed by atoms with van der Waals surface area (Å²) in [5.41, 5.74) is 0.746. The number of hydrogen-bond acceptors (Lipinski definition) is 2. The van der Waals surface area contributed by atoms with Crippen molar-refractivity contribution in [2.75, 3.05) is 6.54 Å². The van der Waals surface area contributed by atoms with Crippen molar-refractivity contribution in [3.8, 4) is 0 Å². The zero-order chi connectivity index (χ0) is 15.6. The van der Waals surface area contributed by atoms with Crippen LogP contribution in [0.2, 0.25) is 0 Å². The Morgan fingerprint density at radius 3 is 2.20 bits per heavy atom. The van der Waals surface area contributed by atoms with Gasteiger partial charge < -0.3 is 10.2 Å². The number of nitrogens with one attached hydrogen (secondary N) is 1. The minimum Gasteiger partial charge on any atom is -0.340 e. The fourth-order valence-electron chi connectivity index (χ4n) is 2.62. The maximum absolute atomic E-state index is 12.9. The summed E-state index contributed by atoms with van der Waals surface area (Å²) in [5, 5.41) is 2.96. The second kappa shape index (κ2) is 6.17. The number of rotatable bonds is 5. The van der Waals surface area contributed by atoms with Crippen LogP contribution in [0, 0.1) is 0 Å². The number of halogens is 1. The van der Waals surface area contributed by atoms with Gasteiger partial charge in [-0.15, -0.1) is 0 Å². The Hall–Kier alpha value is -1.03. The van der Waals surface area contributed by atoms with Crippen molar-refractivity contribution in [1.29, 1.82) is 0 Å². The first kappa shape index (κ1) is 17.0. The van der Waals surface area contributed by atoms with Gasteiger partial charge in [-0.3, -0.25) is 9.59 Å². The molecule has 0 aromatic rings. The molecule has 20 heavy (non-hydrogen) atoms. The van der Waals surface area contributed by atoms with Crippen LogP contribution in [0.25, 0.3) is 0 Å². The minimum atomic E-state index is -0.813. The first-order chi connectivity index (χ1) is 9.31. The summed E-state index contributed by atoms with van der Waals surface area (Å²) in [7, 11) is 0. The molecule has 0 bridgehead atoms. The Morgan fingerprint density at radius 2 is 1.80 bits per heavy atom. The van der Waals surface area contributed by atoms with Crippen molar-refractivity contribution in [3.63, 3.8) is 0 Å². The van der Waals surface area contributed by atoms with E-state index in [0.717, 1.165) is 5.57 Å². The molecule has 0 aromatic heterocycles. The maximum Gasteiger partial charge on any atom is 0.249 e. The molecule has 1 unspecified atom stereocenters. The molecule has 1 rings (SSSR count). The van der Waals surface area contributed by atoms with E-state index in [0.29, 0.717) is 25.8 Å². The van der Waals surface area contributed by atoms with Gasteiger partial charge in [-0.05, 0) is 38.7 Å². The zero-order valence-corrected chi connectivity index (χ0v) is 13.8. The maximum atomic E-state index is 12.9. The molecular weight excluding hydrogens is 276 g/mol. The molecule has 1 aliphatic rings. The van der Waals surface area contributed by atoms with Gasteiger partial charge in [-0.25, -0.2) is 0 Å². The summed E-state index contributed by atoms with van der Waals surface area (Å²) < 4.78 is 0.